The van der Waals surface area contributed by atoms with Gasteiger partial charge in [0.05, 0.1) is 0 Å². The van der Waals surface area contributed by atoms with Crippen LogP contribution in [0.25, 0.3) is 0 Å². The molecule has 0 aromatic carbocycles. The van der Waals surface area contributed by atoms with E-state index in [2.05, 4.69) is 0 Å². The highest BCUT2D eigenvalue weighted by Gasteiger charge is 2.23. The van der Waals surface area contributed by atoms with Crippen molar-refractivity contribution in [3.05, 3.63) is 12.2 Å². The number of aliphatic carboxylic acids is 2. The van der Waals surface area contributed by atoms with Gasteiger partial charge in [-0.05, 0) is 6.08 Å². The van der Waals surface area contributed by atoms with E-state index in [-0.39, 0.29) is 0 Å². The summed E-state index contributed by atoms with van der Waals surface area (Å²) >= 11 is 0. The molecule has 0 radical (unpaired) electrons. The van der Waals surface area contributed by atoms with Gasteiger partial charge in [0.1, 0.15) is 6.42 Å². The minimum absolute atomic E-state index is 0.461. The first-order valence-corrected chi connectivity index (χ1v) is 2.92. The van der Waals surface area contributed by atoms with Crippen molar-refractivity contribution in [2.45, 2.75) is 12.2 Å². The lowest BCUT2D eigenvalue weighted by atomic mass is 10.2. The Morgan fingerprint density at radius 2 is 1.75 bits per heavy atom. The highest BCUT2D eigenvalue weighted by Crippen LogP contribution is 2.06. The highest BCUT2D eigenvalue weighted by molar-refractivity contribution is 5.80. The quantitative estimate of drug-likeness (QED) is 0.315. The van der Waals surface area contributed by atoms with Gasteiger partial charge in [0, 0.05) is 6.08 Å². The summed E-state index contributed by atoms with van der Waals surface area (Å²) in [5.74, 6) is -5.42. The van der Waals surface area contributed by atoms with E-state index < -0.39 is 24.1 Å². The summed E-state index contributed by atoms with van der Waals surface area (Å²) in [5.41, 5.74) is 0. The van der Waals surface area contributed by atoms with Crippen LogP contribution in [-0.2, 0) is 9.59 Å². The van der Waals surface area contributed by atoms with Crippen molar-refractivity contribution < 1.29 is 30.0 Å². The molecule has 0 aromatic rings. The Morgan fingerprint density at radius 3 is 2.08 bits per heavy atom. The summed E-state index contributed by atoms with van der Waals surface area (Å²) in [6.45, 7) is 0. The molecule has 0 spiro atoms. The van der Waals surface area contributed by atoms with E-state index in [9.17, 15) is 9.59 Å². The Hall–Kier alpha value is -1.40. The molecule has 0 aliphatic carbocycles. The summed E-state index contributed by atoms with van der Waals surface area (Å²) in [6, 6.07) is 0. The highest BCUT2D eigenvalue weighted by atomic mass is 16.5. The zero-order chi connectivity index (χ0) is 9.78. The van der Waals surface area contributed by atoms with Crippen LogP contribution in [0.1, 0.15) is 6.42 Å². The van der Waals surface area contributed by atoms with E-state index in [4.69, 9.17) is 20.4 Å². The molecular weight excluding hydrogens is 168 g/mol. The Kier molecular flexibility index (Phi) is 3.39. The molecule has 12 heavy (non-hydrogen) atoms. The maximum atomic E-state index is 9.96. The lowest BCUT2D eigenvalue weighted by Crippen LogP contribution is -2.28. The lowest BCUT2D eigenvalue weighted by Gasteiger charge is -2.13. The molecule has 68 valence electrons. The van der Waals surface area contributed by atoms with Crippen molar-refractivity contribution in [2.24, 2.45) is 0 Å². The predicted molar refractivity (Wildman–Crippen MR) is 36.2 cm³/mol. The summed E-state index contributed by atoms with van der Waals surface area (Å²) in [4.78, 5) is 19.8. The molecule has 0 saturated carbocycles. The van der Waals surface area contributed by atoms with Crippen LogP contribution in [-0.4, -0.2) is 38.2 Å². The number of hydrogen-bond donors (Lipinski definition) is 4. The Morgan fingerprint density at radius 1 is 1.25 bits per heavy atom. The number of carboxylic acid groups (broad SMARTS) is 2. The second-order valence-electron chi connectivity index (χ2n) is 2.12. The third-order valence-electron chi connectivity index (χ3n) is 0.904. The van der Waals surface area contributed by atoms with Gasteiger partial charge in [-0.2, -0.15) is 0 Å². The van der Waals surface area contributed by atoms with Crippen LogP contribution in [0.15, 0.2) is 12.2 Å². The molecule has 0 aromatic heterocycles. The van der Waals surface area contributed by atoms with Gasteiger partial charge in [-0.15, -0.1) is 0 Å². The van der Waals surface area contributed by atoms with Gasteiger partial charge in [0.15, 0.2) is 5.79 Å². The molecule has 0 fully saturated rings. The van der Waals surface area contributed by atoms with Gasteiger partial charge in [-0.3, -0.25) is 4.79 Å². The van der Waals surface area contributed by atoms with Crippen molar-refractivity contribution in [1.29, 1.82) is 0 Å². The molecule has 0 unspecified atom stereocenters. The number of carboxylic acids is 2. The predicted octanol–water partition coefficient (Wildman–Crippen LogP) is -1.22. The van der Waals surface area contributed by atoms with Gasteiger partial charge in [0.2, 0.25) is 0 Å². The zero-order valence-electron chi connectivity index (χ0n) is 5.97. The SMILES string of the molecule is O=C(O)/C=C/C(O)(O)CC(=O)O. The Balaban J connectivity index is 4.21. The molecule has 0 aliphatic heterocycles. The second kappa shape index (κ2) is 3.84. The number of hydrogen-bond acceptors (Lipinski definition) is 4. The Bertz CT molecular complexity index is 216. The number of rotatable bonds is 4. The first-order valence-electron chi connectivity index (χ1n) is 2.92. The first kappa shape index (κ1) is 10.6. The van der Waals surface area contributed by atoms with Crippen molar-refractivity contribution in [1.82, 2.24) is 0 Å². The topological polar surface area (TPSA) is 115 Å². The lowest BCUT2D eigenvalue weighted by molar-refractivity contribution is -0.161. The molecule has 4 N–H and O–H groups in total. The maximum Gasteiger partial charge on any atom is 0.328 e. The van der Waals surface area contributed by atoms with Crippen molar-refractivity contribution in [2.75, 3.05) is 0 Å². The summed E-state index contributed by atoms with van der Waals surface area (Å²) in [5, 5.41) is 33.7. The molecule has 0 aliphatic rings. The van der Waals surface area contributed by atoms with Crippen LogP contribution in [0.5, 0.6) is 0 Å². The van der Waals surface area contributed by atoms with E-state index in [1.807, 2.05) is 0 Å². The molecular formula is C6H8O6. The number of aliphatic hydroxyl groups is 2. The summed E-state index contributed by atoms with van der Waals surface area (Å²) < 4.78 is 0. The molecule has 0 atom stereocenters. The van der Waals surface area contributed by atoms with E-state index in [1.54, 1.807) is 0 Å². The van der Waals surface area contributed by atoms with Crippen LogP contribution in [0.2, 0.25) is 0 Å². The Labute approximate surface area is 67.4 Å². The normalized spacial score (nSPS) is 11.8. The monoisotopic (exact) mass is 176 g/mol. The van der Waals surface area contributed by atoms with Gasteiger partial charge in [-0.25, -0.2) is 4.79 Å². The third kappa shape index (κ3) is 5.39. The smallest absolute Gasteiger partial charge is 0.328 e. The van der Waals surface area contributed by atoms with Crippen LogP contribution in [0, 0.1) is 0 Å². The molecule has 0 rings (SSSR count). The average molecular weight is 176 g/mol. The fourth-order valence-electron chi connectivity index (χ4n) is 0.486. The van der Waals surface area contributed by atoms with Crippen LogP contribution >= 0.6 is 0 Å². The van der Waals surface area contributed by atoms with Crippen LogP contribution in [0.4, 0.5) is 0 Å². The molecule has 0 bridgehead atoms. The molecule has 6 nitrogen and oxygen atoms in total. The van der Waals surface area contributed by atoms with E-state index in [1.165, 1.54) is 0 Å². The van der Waals surface area contributed by atoms with Crippen LogP contribution in [0.3, 0.4) is 0 Å². The second-order valence-corrected chi connectivity index (χ2v) is 2.12. The molecule has 0 amide bonds. The summed E-state index contributed by atoms with van der Waals surface area (Å²) in [6.07, 6.45) is -0.0107. The minimum Gasteiger partial charge on any atom is -0.481 e. The maximum absolute atomic E-state index is 9.96. The molecule has 0 heterocycles. The van der Waals surface area contributed by atoms with Crippen molar-refractivity contribution in [3.63, 3.8) is 0 Å². The number of carbonyl (C=O) groups is 2. The average Bonchev–Trinajstić information content (AvgIpc) is 1.81. The van der Waals surface area contributed by atoms with Gasteiger partial charge >= 0.3 is 11.9 Å². The first-order chi connectivity index (χ1) is 5.33. The minimum atomic E-state index is -2.61. The van der Waals surface area contributed by atoms with Crippen LogP contribution < -0.4 is 0 Å². The van der Waals surface area contributed by atoms with E-state index in [0.29, 0.717) is 12.2 Å². The largest absolute Gasteiger partial charge is 0.481 e. The van der Waals surface area contributed by atoms with Crippen molar-refractivity contribution >= 4 is 11.9 Å². The third-order valence-corrected chi connectivity index (χ3v) is 0.904. The van der Waals surface area contributed by atoms with Crippen molar-refractivity contribution in [3.8, 4) is 0 Å². The standard InChI is InChI=1S/C6H8O6/c7-4(8)1-2-6(11,12)3-5(9)10/h1-2,11-12H,3H2,(H,7,8)(H,9,10)/b2-1+. The van der Waals surface area contributed by atoms with E-state index >= 15 is 0 Å². The van der Waals surface area contributed by atoms with E-state index in [0.717, 1.165) is 0 Å². The van der Waals surface area contributed by atoms with Gasteiger partial charge < -0.3 is 20.4 Å². The van der Waals surface area contributed by atoms with Gasteiger partial charge in [0.25, 0.3) is 0 Å². The fraction of sp³-hybridized carbons (Fsp3) is 0.333. The fourth-order valence-corrected chi connectivity index (χ4v) is 0.486. The zero-order valence-corrected chi connectivity index (χ0v) is 5.97. The summed E-state index contributed by atoms with van der Waals surface area (Å²) in [7, 11) is 0. The molecule has 6 heteroatoms. The molecule has 0 saturated heterocycles. The van der Waals surface area contributed by atoms with Gasteiger partial charge in [-0.1, -0.05) is 0 Å².